The Hall–Kier alpha value is 0.351. The molecule has 0 radical (unpaired) electrons. The third-order valence-corrected chi connectivity index (χ3v) is 26.3. The Balaban J connectivity index is 3.77. The van der Waals surface area contributed by atoms with Gasteiger partial charge in [0.15, 0.2) is 0 Å². The van der Waals surface area contributed by atoms with Crippen molar-refractivity contribution >= 4 is 40.2 Å². The van der Waals surface area contributed by atoms with E-state index in [1.54, 1.807) is 5.56 Å². The van der Waals surface area contributed by atoms with Crippen molar-refractivity contribution in [1.29, 1.82) is 0 Å². The second-order valence-corrected chi connectivity index (χ2v) is 27.2. The molecule has 0 aliphatic heterocycles. The quantitative estimate of drug-likeness (QED) is 0.530. The summed E-state index contributed by atoms with van der Waals surface area (Å²) in [4.78, 5) is 0. The van der Waals surface area contributed by atoms with E-state index in [2.05, 4.69) is 99.1 Å². The fraction of sp³-hybridized carbons (Fsp3) is 0.625. The standard InChI is InChI=1S/C16H31BrSi3/c1-18(2,3)16(19(4,5)6,20(7,8)9)14-10-12-15(17)13-11-14/h10-13H,1-9H3. The van der Waals surface area contributed by atoms with Crippen molar-refractivity contribution in [2.45, 2.75) is 63.2 Å². The van der Waals surface area contributed by atoms with Crippen LogP contribution in [0.4, 0.5) is 0 Å². The molecule has 0 fully saturated rings. The summed E-state index contributed by atoms with van der Waals surface area (Å²) in [5.41, 5.74) is 1.62. The molecule has 1 rings (SSSR count). The maximum absolute atomic E-state index is 3.60. The summed E-state index contributed by atoms with van der Waals surface area (Å²) >= 11 is 3.60. The predicted octanol–water partition coefficient (Wildman–Crippen LogP) is 6.32. The lowest BCUT2D eigenvalue weighted by Gasteiger charge is -2.59. The highest BCUT2D eigenvalue weighted by molar-refractivity contribution is 9.10. The van der Waals surface area contributed by atoms with Crippen LogP contribution in [-0.4, -0.2) is 24.2 Å². The molecule has 0 saturated heterocycles. The number of hydrogen-bond donors (Lipinski definition) is 0. The highest BCUT2D eigenvalue weighted by atomic mass is 79.9. The zero-order chi connectivity index (χ0) is 16.0. The zero-order valence-electron chi connectivity index (χ0n) is 14.7. The second-order valence-electron chi connectivity index (χ2n) is 9.01. The molecular weight excluding hydrogens is 356 g/mol. The van der Waals surface area contributed by atoms with Gasteiger partial charge in [-0.15, -0.1) is 0 Å². The first-order valence-corrected chi connectivity index (χ1v) is 18.8. The van der Waals surface area contributed by atoms with Gasteiger partial charge in [-0.25, -0.2) is 0 Å². The maximum Gasteiger partial charge on any atom is 0.0499 e. The van der Waals surface area contributed by atoms with Gasteiger partial charge in [0.25, 0.3) is 0 Å². The average Bonchev–Trinajstić information content (AvgIpc) is 2.14. The monoisotopic (exact) mass is 386 g/mol. The van der Waals surface area contributed by atoms with Crippen molar-refractivity contribution in [1.82, 2.24) is 0 Å². The SMILES string of the molecule is C[Si](C)(C)C(c1ccc(Br)cc1)([Si](C)(C)C)[Si](C)(C)C. The van der Waals surface area contributed by atoms with Crippen molar-refractivity contribution in [2.75, 3.05) is 0 Å². The Morgan fingerprint density at radius 1 is 0.650 bits per heavy atom. The molecule has 0 spiro atoms. The van der Waals surface area contributed by atoms with Gasteiger partial charge >= 0.3 is 0 Å². The summed E-state index contributed by atoms with van der Waals surface area (Å²) in [5.74, 6) is 0. The lowest BCUT2D eigenvalue weighted by Crippen LogP contribution is -2.74. The summed E-state index contributed by atoms with van der Waals surface area (Å²) in [5, 5.41) is 0. The largest absolute Gasteiger partial charge is 0.0693 e. The van der Waals surface area contributed by atoms with Crippen LogP contribution in [0.3, 0.4) is 0 Å². The van der Waals surface area contributed by atoms with E-state index >= 15 is 0 Å². The Morgan fingerprint density at radius 3 is 1.20 bits per heavy atom. The van der Waals surface area contributed by atoms with Gasteiger partial charge in [0, 0.05) is 28.7 Å². The van der Waals surface area contributed by atoms with E-state index in [0.717, 1.165) is 0 Å². The van der Waals surface area contributed by atoms with Crippen LogP contribution in [0.25, 0.3) is 0 Å². The van der Waals surface area contributed by atoms with E-state index in [0.29, 0.717) is 4.28 Å². The van der Waals surface area contributed by atoms with Crippen LogP contribution < -0.4 is 0 Å². The first-order chi connectivity index (χ1) is 8.75. The molecule has 0 nitrogen and oxygen atoms in total. The molecule has 0 aliphatic carbocycles. The van der Waals surface area contributed by atoms with E-state index in [-0.39, 0.29) is 0 Å². The summed E-state index contributed by atoms with van der Waals surface area (Å²) in [6.07, 6.45) is 0. The first kappa shape index (κ1) is 18.4. The van der Waals surface area contributed by atoms with Crippen LogP contribution in [0, 0.1) is 0 Å². The first-order valence-electron chi connectivity index (χ1n) is 7.51. The summed E-state index contributed by atoms with van der Waals surface area (Å²) in [6, 6.07) is 9.28. The van der Waals surface area contributed by atoms with Gasteiger partial charge < -0.3 is 0 Å². The van der Waals surface area contributed by atoms with Gasteiger partial charge in [-0.05, 0) is 22.0 Å². The molecule has 0 unspecified atom stereocenters. The summed E-state index contributed by atoms with van der Waals surface area (Å²) in [7, 11) is -4.07. The maximum atomic E-state index is 3.60. The zero-order valence-corrected chi connectivity index (χ0v) is 19.3. The molecule has 114 valence electrons. The molecular formula is C16H31BrSi3. The van der Waals surface area contributed by atoms with Gasteiger partial charge in [0.05, 0.1) is 0 Å². The van der Waals surface area contributed by atoms with E-state index < -0.39 is 24.2 Å². The van der Waals surface area contributed by atoms with E-state index in [1.807, 2.05) is 0 Å². The van der Waals surface area contributed by atoms with Crippen LogP contribution in [0.5, 0.6) is 0 Å². The fourth-order valence-electron chi connectivity index (χ4n) is 5.37. The Morgan fingerprint density at radius 2 is 0.950 bits per heavy atom. The molecule has 0 atom stereocenters. The van der Waals surface area contributed by atoms with Crippen molar-refractivity contribution in [3.63, 3.8) is 0 Å². The Bertz CT molecular complexity index is 422. The molecule has 1 aromatic rings. The molecule has 0 aromatic heterocycles. The van der Waals surface area contributed by atoms with Gasteiger partial charge in [-0.3, -0.25) is 0 Å². The highest BCUT2D eigenvalue weighted by Gasteiger charge is 2.60. The lowest BCUT2D eigenvalue weighted by molar-refractivity contribution is 1.01. The minimum Gasteiger partial charge on any atom is -0.0693 e. The molecule has 4 heteroatoms. The Labute approximate surface area is 137 Å². The van der Waals surface area contributed by atoms with Gasteiger partial charge in [-0.2, -0.15) is 0 Å². The van der Waals surface area contributed by atoms with Gasteiger partial charge in [0.2, 0.25) is 0 Å². The van der Waals surface area contributed by atoms with Gasteiger partial charge in [-0.1, -0.05) is 87.0 Å². The molecule has 0 saturated carbocycles. The predicted molar refractivity (Wildman–Crippen MR) is 106 cm³/mol. The molecule has 0 amide bonds. The molecule has 0 bridgehead atoms. The number of hydrogen-bond acceptors (Lipinski definition) is 0. The van der Waals surface area contributed by atoms with Crippen molar-refractivity contribution < 1.29 is 0 Å². The fourth-order valence-corrected chi connectivity index (χ4v) is 35.7. The molecule has 0 N–H and O–H groups in total. The van der Waals surface area contributed by atoms with Crippen molar-refractivity contribution in [3.05, 3.63) is 34.3 Å². The smallest absolute Gasteiger partial charge is 0.0499 e. The highest BCUT2D eigenvalue weighted by Crippen LogP contribution is 2.49. The molecule has 20 heavy (non-hydrogen) atoms. The van der Waals surface area contributed by atoms with Crippen LogP contribution >= 0.6 is 15.9 Å². The minimum absolute atomic E-state index is 0.494. The minimum atomic E-state index is -1.36. The average molecular weight is 388 g/mol. The molecule has 1 aromatic carbocycles. The molecule has 0 aliphatic rings. The van der Waals surface area contributed by atoms with Crippen LogP contribution in [-0.2, 0) is 4.28 Å². The van der Waals surface area contributed by atoms with Gasteiger partial charge in [0.1, 0.15) is 0 Å². The third-order valence-electron chi connectivity index (χ3n) is 4.65. The van der Waals surface area contributed by atoms with E-state index in [9.17, 15) is 0 Å². The van der Waals surface area contributed by atoms with Crippen LogP contribution in [0.2, 0.25) is 58.9 Å². The van der Waals surface area contributed by atoms with Crippen molar-refractivity contribution in [2.24, 2.45) is 0 Å². The van der Waals surface area contributed by atoms with Crippen LogP contribution in [0.1, 0.15) is 5.56 Å². The van der Waals surface area contributed by atoms with E-state index in [1.165, 1.54) is 4.47 Å². The Kier molecular flexibility index (Phi) is 5.08. The van der Waals surface area contributed by atoms with Crippen LogP contribution in [0.15, 0.2) is 28.7 Å². The topological polar surface area (TPSA) is 0 Å². The number of rotatable bonds is 4. The number of benzene rings is 1. The summed E-state index contributed by atoms with van der Waals surface area (Å²) in [6.45, 7) is 23.3. The van der Waals surface area contributed by atoms with Crippen molar-refractivity contribution in [3.8, 4) is 0 Å². The van der Waals surface area contributed by atoms with E-state index in [4.69, 9.17) is 0 Å². The number of halogens is 1. The molecule has 0 heterocycles. The lowest BCUT2D eigenvalue weighted by atomic mass is 10.2. The third kappa shape index (κ3) is 2.94. The second kappa shape index (κ2) is 5.52. The normalized spacial score (nSPS) is 14.5. The summed E-state index contributed by atoms with van der Waals surface area (Å²) < 4.78 is 1.69.